The molecule has 0 unspecified atom stereocenters. The highest BCUT2D eigenvalue weighted by Gasteiger charge is 1.98. The van der Waals surface area contributed by atoms with Crippen LogP contribution < -0.4 is 5.32 Å². The maximum atomic E-state index is 10.3. The monoisotopic (exact) mass is 190 g/mol. The Morgan fingerprint density at radius 3 is 3.07 bits per heavy atom. The summed E-state index contributed by atoms with van der Waals surface area (Å²) in [5, 5.41) is 11.8. The maximum Gasteiger partial charge on any atom is 0.404 e. The Hall–Kier alpha value is -1.97. The largest absolute Gasteiger partial charge is 0.465 e. The molecule has 0 bridgehead atoms. The van der Waals surface area contributed by atoms with Crippen molar-refractivity contribution in [3.8, 4) is 0 Å². The van der Waals surface area contributed by atoms with E-state index >= 15 is 0 Å². The molecule has 0 aliphatic carbocycles. The standard InChI is InChI=1S/C10H10N2O2/c13-10(14)12-6-7-1-2-9-8(5-7)3-4-11-9/h1-5,11-12H,6H2,(H,13,14). The van der Waals surface area contributed by atoms with Gasteiger partial charge >= 0.3 is 6.09 Å². The van der Waals surface area contributed by atoms with Crippen LogP contribution >= 0.6 is 0 Å². The predicted octanol–water partition coefficient (Wildman–Crippen LogP) is 1.94. The zero-order valence-corrected chi connectivity index (χ0v) is 7.45. The Morgan fingerprint density at radius 2 is 2.29 bits per heavy atom. The second kappa shape index (κ2) is 3.41. The summed E-state index contributed by atoms with van der Waals surface area (Å²) >= 11 is 0. The summed E-state index contributed by atoms with van der Waals surface area (Å²) < 4.78 is 0. The number of aromatic nitrogens is 1. The average molecular weight is 190 g/mol. The van der Waals surface area contributed by atoms with Crippen LogP contribution in [0.25, 0.3) is 10.9 Å². The van der Waals surface area contributed by atoms with Gasteiger partial charge in [0.1, 0.15) is 0 Å². The van der Waals surface area contributed by atoms with Crippen LogP contribution in [0.15, 0.2) is 30.5 Å². The number of amides is 1. The lowest BCUT2D eigenvalue weighted by molar-refractivity contribution is 0.194. The SMILES string of the molecule is O=C(O)NCc1ccc2[nH]ccc2c1. The Kier molecular flexibility index (Phi) is 2.10. The van der Waals surface area contributed by atoms with Crippen LogP contribution in [0.1, 0.15) is 5.56 Å². The molecule has 2 aromatic rings. The number of fused-ring (bicyclic) bond motifs is 1. The van der Waals surface area contributed by atoms with Crippen molar-refractivity contribution in [3.05, 3.63) is 36.0 Å². The Bertz CT molecular complexity index is 462. The molecule has 14 heavy (non-hydrogen) atoms. The van der Waals surface area contributed by atoms with E-state index in [4.69, 9.17) is 5.11 Å². The smallest absolute Gasteiger partial charge is 0.404 e. The molecule has 0 saturated carbocycles. The summed E-state index contributed by atoms with van der Waals surface area (Å²) in [6.45, 7) is 0.344. The molecule has 0 aliphatic heterocycles. The van der Waals surface area contributed by atoms with Gasteiger partial charge in [-0.15, -0.1) is 0 Å². The molecule has 0 aliphatic rings. The van der Waals surface area contributed by atoms with Gasteiger partial charge in [-0.3, -0.25) is 0 Å². The fourth-order valence-electron chi connectivity index (χ4n) is 1.39. The van der Waals surface area contributed by atoms with Crippen molar-refractivity contribution < 1.29 is 9.90 Å². The third kappa shape index (κ3) is 1.69. The molecule has 1 aromatic carbocycles. The zero-order valence-electron chi connectivity index (χ0n) is 7.45. The summed E-state index contributed by atoms with van der Waals surface area (Å²) in [5.41, 5.74) is 2.02. The number of hydrogen-bond acceptors (Lipinski definition) is 1. The third-order valence-electron chi connectivity index (χ3n) is 2.06. The van der Waals surface area contributed by atoms with Crippen LogP contribution in [-0.4, -0.2) is 16.2 Å². The lowest BCUT2D eigenvalue weighted by atomic mass is 10.1. The van der Waals surface area contributed by atoms with E-state index in [1.54, 1.807) is 0 Å². The topological polar surface area (TPSA) is 65.1 Å². The number of carboxylic acid groups (broad SMARTS) is 1. The lowest BCUT2D eigenvalue weighted by Crippen LogP contribution is -2.19. The van der Waals surface area contributed by atoms with E-state index in [2.05, 4.69) is 10.3 Å². The fourth-order valence-corrected chi connectivity index (χ4v) is 1.39. The van der Waals surface area contributed by atoms with Crippen LogP contribution in [-0.2, 0) is 6.54 Å². The van der Waals surface area contributed by atoms with Gasteiger partial charge in [0.25, 0.3) is 0 Å². The van der Waals surface area contributed by atoms with Gasteiger partial charge < -0.3 is 15.4 Å². The number of carbonyl (C=O) groups is 1. The molecule has 1 aromatic heterocycles. The van der Waals surface area contributed by atoms with E-state index in [0.717, 1.165) is 16.5 Å². The summed E-state index contributed by atoms with van der Waals surface area (Å²) in [6.07, 6.45) is 0.859. The van der Waals surface area contributed by atoms with Crippen molar-refractivity contribution in [2.45, 2.75) is 6.54 Å². The summed E-state index contributed by atoms with van der Waals surface area (Å²) in [4.78, 5) is 13.3. The Balaban J connectivity index is 2.21. The van der Waals surface area contributed by atoms with Crippen LogP contribution in [0.5, 0.6) is 0 Å². The van der Waals surface area contributed by atoms with Crippen LogP contribution in [0, 0.1) is 0 Å². The molecule has 2 rings (SSSR count). The van der Waals surface area contributed by atoms with Gasteiger partial charge in [0.15, 0.2) is 0 Å². The number of rotatable bonds is 2. The van der Waals surface area contributed by atoms with E-state index in [0.29, 0.717) is 6.54 Å². The lowest BCUT2D eigenvalue weighted by Gasteiger charge is -2.00. The molecule has 0 saturated heterocycles. The first-order valence-corrected chi connectivity index (χ1v) is 4.28. The normalized spacial score (nSPS) is 10.3. The quantitative estimate of drug-likeness (QED) is 0.677. The predicted molar refractivity (Wildman–Crippen MR) is 53.2 cm³/mol. The zero-order chi connectivity index (χ0) is 9.97. The number of H-pyrrole nitrogens is 1. The molecule has 0 fully saturated rings. The van der Waals surface area contributed by atoms with Crippen molar-refractivity contribution in [3.63, 3.8) is 0 Å². The highest BCUT2D eigenvalue weighted by Crippen LogP contribution is 2.13. The first-order valence-electron chi connectivity index (χ1n) is 4.28. The van der Waals surface area contributed by atoms with E-state index in [-0.39, 0.29) is 0 Å². The summed E-state index contributed by atoms with van der Waals surface area (Å²) in [7, 11) is 0. The van der Waals surface area contributed by atoms with Crippen LogP contribution in [0.2, 0.25) is 0 Å². The van der Waals surface area contributed by atoms with E-state index < -0.39 is 6.09 Å². The minimum atomic E-state index is -1.00. The Morgan fingerprint density at radius 1 is 1.43 bits per heavy atom. The van der Waals surface area contributed by atoms with E-state index in [1.807, 2.05) is 30.5 Å². The second-order valence-electron chi connectivity index (χ2n) is 3.06. The van der Waals surface area contributed by atoms with Gasteiger partial charge in [-0.1, -0.05) is 6.07 Å². The molecule has 4 nitrogen and oxygen atoms in total. The second-order valence-corrected chi connectivity index (χ2v) is 3.06. The molecule has 0 spiro atoms. The molecule has 1 amide bonds. The molecule has 1 heterocycles. The van der Waals surface area contributed by atoms with Gasteiger partial charge in [0.2, 0.25) is 0 Å². The summed E-state index contributed by atoms with van der Waals surface area (Å²) in [5.74, 6) is 0. The maximum absolute atomic E-state index is 10.3. The summed E-state index contributed by atoms with van der Waals surface area (Å²) in [6, 6.07) is 7.75. The first-order chi connectivity index (χ1) is 6.75. The van der Waals surface area contributed by atoms with Gasteiger partial charge in [0.05, 0.1) is 0 Å². The van der Waals surface area contributed by atoms with Crippen molar-refractivity contribution in [2.75, 3.05) is 0 Å². The number of benzene rings is 1. The molecule has 72 valence electrons. The van der Waals surface area contributed by atoms with Crippen LogP contribution in [0.3, 0.4) is 0 Å². The van der Waals surface area contributed by atoms with E-state index in [9.17, 15) is 4.79 Å². The number of hydrogen-bond donors (Lipinski definition) is 3. The molecule has 0 atom stereocenters. The highest BCUT2D eigenvalue weighted by atomic mass is 16.4. The fraction of sp³-hybridized carbons (Fsp3) is 0.100. The number of aromatic amines is 1. The van der Waals surface area contributed by atoms with Gasteiger partial charge in [-0.05, 0) is 29.1 Å². The van der Waals surface area contributed by atoms with Crippen LogP contribution in [0.4, 0.5) is 4.79 Å². The highest BCUT2D eigenvalue weighted by molar-refractivity contribution is 5.80. The van der Waals surface area contributed by atoms with Gasteiger partial charge in [0, 0.05) is 18.3 Å². The number of nitrogens with one attached hydrogen (secondary N) is 2. The van der Waals surface area contributed by atoms with Gasteiger partial charge in [-0.25, -0.2) is 4.79 Å². The van der Waals surface area contributed by atoms with Crippen molar-refractivity contribution in [1.82, 2.24) is 10.3 Å². The molecule has 3 N–H and O–H groups in total. The van der Waals surface area contributed by atoms with Crippen molar-refractivity contribution >= 4 is 17.0 Å². The third-order valence-corrected chi connectivity index (χ3v) is 2.06. The van der Waals surface area contributed by atoms with Crippen molar-refractivity contribution in [1.29, 1.82) is 0 Å². The average Bonchev–Trinajstić information content (AvgIpc) is 2.61. The molecular formula is C10H10N2O2. The molecule has 0 radical (unpaired) electrons. The minimum Gasteiger partial charge on any atom is -0.465 e. The molecule has 4 heteroatoms. The first kappa shape index (κ1) is 8.62. The van der Waals surface area contributed by atoms with Crippen molar-refractivity contribution in [2.24, 2.45) is 0 Å². The van der Waals surface area contributed by atoms with E-state index in [1.165, 1.54) is 0 Å². The Labute approximate surface area is 80.6 Å². The van der Waals surface area contributed by atoms with Gasteiger partial charge in [-0.2, -0.15) is 0 Å². The molecular weight excluding hydrogens is 180 g/mol. The minimum absolute atomic E-state index is 0.344.